The molecule has 0 heterocycles. The van der Waals surface area contributed by atoms with Crippen LogP contribution in [0.15, 0.2) is 48.5 Å². The van der Waals surface area contributed by atoms with Crippen molar-refractivity contribution < 1.29 is 19.0 Å². The third kappa shape index (κ3) is 8.34. The van der Waals surface area contributed by atoms with Crippen LogP contribution in [0.5, 0.6) is 17.2 Å². The Bertz CT molecular complexity index is 737. The molecule has 0 saturated carbocycles. The number of carbonyl (C=O) groups is 1. The molecule has 2 N–H and O–H groups in total. The number of benzene rings is 2. The molecule has 2 aromatic carbocycles. The van der Waals surface area contributed by atoms with Crippen molar-refractivity contribution in [3.05, 3.63) is 54.1 Å². The maximum atomic E-state index is 11.8. The predicted octanol–water partition coefficient (Wildman–Crippen LogP) is 4.14. The van der Waals surface area contributed by atoms with E-state index in [0.717, 1.165) is 23.7 Å². The summed E-state index contributed by atoms with van der Waals surface area (Å²) in [4.78, 5) is 11.8. The fourth-order valence-electron chi connectivity index (χ4n) is 2.58. The van der Waals surface area contributed by atoms with Gasteiger partial charge in [0.1, 0.15) is 23.9 Å². The van der Waals surface area contributed by atoms with E-state index >= 15 is 0 Å². The van der Waals surface area contributed by atoms with Gasteiger partial charge >= 0.3 is 6.03 Å². The summed E-state index contributed by atoms with van der Waals surface area (Å²) < 4.78 is 16.4. The molecule has 2 aromatic rings. The van der Waals surface area contributed by atoms with Crippen molar-refractivity contribution in [3.8, 4) is 17.2 Å². The highest BCUT2D eigenvalue weighted by Gasteiger charge is 2.12. The summed E-state index contributed by atoms with van der Waals surface area (Å²) >= 11 is 0. The Balaban J connectivity index is 1.52. The lowest BCUT2D eigenvalue weighted by Gasteiger charge is -2.19. The molecule has 0 atom stereocenters. The molecule has 0 fully saturated rings. The Morgan fingerprint density at radius 2 is 1.31 bits per heavy atom. The highest BCUT2D eigenvalue weighted by molar-refractivity contribution is 5.73. The minimum atomic E-state index is -0.210. The lowest BCUT2D eigenvalue weighted by molar-refractivity contribution is 0.235. The fourth-order valence-corrected chi connectivity index (χ4v) is 2.58. The number of nitrogens with one attached hydrogen (secondary N) is 2. The number of urea groups is 1. The van der Waals surface area contributed by atoms with Crippen LogP contribution in [0.25, 0.3) is 0 Å². The van der Waals surface area contributed by atoms with Crippen LogP contribution >= 0.6 is 0 Å². The van der Waals surface area contributed by atoms with E-state index in [1.54, 1.807) is 7.11 Å². The Hall–Kier alpha value is -2.89. The zero-order valence-electron chi connectivity index (χ0n) is 17.8. The van der Waals surface area contributed by atoms with E-state index in [0.29, 0.717) is 26.3 Å². The largest absolute Gasteiger partial charge is 0.497 e. The van der Waals surface area contributed by atoms with Gasteiger partial charge in [-0.3, -0.25) is 0 Å². The molecule has 0 radical (unpaired) electrons. The summed E-state index contributed by atoms with van der Waals surface area (Å²) in [6, 6.07) is 15.3. The van der Waals surface area contributed by atoms with E-state index in [-0.39, 0.29) is 11.4 Å². The van der Waals surface area contributed by atoms with Crippen LogP contribution in [-0.2, 0) is 5.41 Å². The van der Waals surface area contributed by atoms with Gasteiger partial charge in [-0.05, 0) is 53.8 Å². The van der Waals surface area contributed by atoms with Gasteiger partial charge in [0, 0.05) is 6.54 Å². The number of rotatable bonds is 10. The molecule has 0 aliphatic rings. The molecule has 2 amide bonds. The summed E-state index contributed by atoms with van der Waals surface area (Å²) in [6.45, 7) is 8.48. The second-order valence-corrected chi connectivity index (χ2v) is 7.68. The highest BCUT2D eigenvalue weighted by atomic mass is 16.5. The zero-order valence-corrected chi connectivity index (χ0v) is 17.8. The number of carbonyl (C=O) groups excluding carboxylic acids is 1. The van der Waals surface area contributed by atoms with Gasteiger partial charge in [0.05, 0.1) is 20.3 Å². The van der Waals surface area contributed by atoms with Crippen LogP contribution in [0.1, 0.15) is 32.8 Å². The first-order chi connectivity index (χ1) is 13.9. The molecular weight excluding hydrogens is 368 g/mol. The molecule has 158 valence electrons. The molecule has 0 aliphatic heterocycles. The quantitative estimate of drug-likeness (QED) is 0.588. The second kappa shape index (κ2) is 11.2. The topological polar surface area (TPSA) is 68.8 Å². The molecule has 29 heavy (non-hydrogen) atoms. The van der Waals surface area contributed by atoms with Crippen molar-refractivity contribution in [3.63, 3.8) is 0 Å². The van der Waals surface area contributed by atoms with Gasteiger partial charge < -0.3 is 24.8 Å². The van der Waals surface area contributed by atoms with Gasteiger partial charge in [0.2, 0.25) is 0 Å². The van der Waals surface area contributed by atoms with Crippen LogP contribution < -0.4 is 24.8 Å². The van der Waals surface area contributed by atoms with Crippen LogP contribution in [0.3, 0.4) is 0 Å². The van der Waals surface area contributed by atoms with E-state index in [1.165, 1.54) is 5.56 Å². The van der Waals surface area contributed by atoms with Crippen LogP contribution in [-0.4, -0.2) is 39.4 Å². The smallest absolute Gasteiger partial charge is 0.314 e. The molecule has 2 rings (SSSR count). The first-order valence-electron chi connectivity index (χ1n) is 9.90. The van der Waals surface area contributed by atoms with Crippen molar-refractivity contribution in [2.75, 3.05) is 33.4 Å². The van der Waals surface area contributed by atoms with Crippen molar-refractivity contribution in [1.82, 2.24) is 10.6 Å². The number of hydrogen-bond donors (Lipinski definition) is 2. The summed E-state index contributed by atoms with van der Waals surface area (Å²) in [5, 5.41) is 5.57. The molecule has 0 saturated heterocycles. The SMILES string of the molecule is COc1ccc(OCCNC(=O)NCCCOc2ccc(C(C)(C)C)cc2)cc1. The minimum Gasteiger partial charge on any atom is -0.497 e. The van der Waals surface area contributed by atoms with Crippen molar-refractivity contribution in [2.24, 2.45) is 0 Å². The molecule has 6 heteroatoms. The Kier molecular flexibility index (Phi) is 8.65. The van der Waals surface area contributed by atoms with Crippen molar-refractivity contribution in [1.29, 1.82) is 0 Å². The van der Waals surface area contributed by atoms with Crippen LogP contribution in [0.4, 0.5) is 4.79 Å². The lowest BCUT2D eigenvalue weighted by Crippen LogP contribution is -2.38. The Labute approximate surface area is 173 Å². The maximum absolute atomic E-state index is 11.8. The zero-order chi connectivity index (χ0) is 21.1. The third-order valence-corrected chi connectivity index (χ3v) is 4.31. The predicted molar refractivity (Wildman–Crippen MR) is 115 cm³/mol. The van der Waals surface area contributed by atoms with Gasteiger partial charge in [0.25, 0.3) is 0 Å². The minimum absolute atomic E-state index is 0.134. The molecule has 0 bridgehead atoms. The van der Waals surface area contributed by atoms with Crippen molar-refractivity contribution >= 4 is 6.03 Å². The number of hydrogen-bond acceptors (Lipinski definition) is 4. The van der Waals surface area contributed by atoms with Gasteiger partial charge in [-0.2, -0.15) is 0 Å². The summed E-state index contributed by atoms with van der Waals surface area (Å²) in [6.07, 6.45) is 0.733. The molecule has 0 unspecified atom stereocenters. The van der Waals surface area contributed by atoms with Gasteiger partial charge in [-0.25, -0.2) is 4.79 Å². The van der Waals surface area contributed by atoms with E-state index in [1.807, 2.05) is 36.4 Å². The van der Waals surface area contributed by atoms with Gasteiger partial charge in [-0.1, -0.05) is 32.9 Å². The number of amides is 2. The summed E-state index contributed by atoms with van der Waals surface area (Å²) in [5.74, 6) is 2.36. The Morgan fingerprint density at radius 3 is 1.90 bits per heavy atom. The third-order valence-electron chi connectivity index (χ3n) is 4.31. The maximum Gasteiger partial charge on any atom is 0.314 e. The van der Waals surface area contributed by atoms with Gasteiger partial charge in [0.15, 0.2) is 0 Å². The Morgan fingerprint density at radius 1 is 0.793 bits per heavy atom. The highest BCUT2D eigenvalue weighted by Crippen LogP contribution is 2.24. The van der Waals surface area contributed by atoms with Gasteiger partial charge in [-0.15, -0.1) is 0 Å². The van der Waals surface area contributed by atoms with E-state index in [9.17, 15) is 4.79 Å². The summed E-state index contributed by atoms with van der Waals surface area (Å²) in [5.41, 5.74) is 1.41. The first kappa shape index (κ1) is 22.4. The average Bonchev–Trinajstić information content (AvgIpc) is 2.71. The van der Waals surface area contributed by atoms with E-state index in [4.69, 9.17) is 14.2 Å². The second-order valence-electron chi connectivity index (χ2n) is 7.68. The van der Waals surface area contributed by atoms with Crippen LogP contribution in [0.2, 0.25) is 0 Å². The monoisotopic (exact) mass is 400 g/mol. The van der Waals surface area contributed by atoms with E-state index in [2.05, 4.69) is 43.5 Å². The molecule has 0 aromatic heterocycles. The van der Waals surface area contributed by atoms with E-state index < -0.39 is 0 Å². The molecule has 0 spiro atoms. The summed E-state index contributed by atoms with van der Waals surface area (Å²) in [7, 11) is 1.62. The molecule has 6 nitrogen and oxygen atoms in total. The molecule has 0 aliphatic carbocycles. The lowest BCUT2D eigenvalue weighted by atomic mass is 9.87. The molecular formula is C23H32N2O4. The number of ether oxygens (including phenoxy) is 3. The fraction of sp³-hybridized carbons (Fsp3) is 0.435. The average molecular weight is 401 g/mol. The first-order valence-corrected chi connectivity index (χ1v) is 9.90. The van der Waals surface area contributed by atoms with Crippen LogP contribution in [0, 0.1) is 0 Å². The van der Waals surface area contributed by atoms with Crippen molar-refractivity contribution in [2.45, 2.75) is 32.6 Å². The standard InChI is InChI=1S/C23H32N2O4/c1-23(2,3)18-6-8-20(9-7-18)28-16-5-14-24-22(26)25-15-17-29-21-12-10-19(27-4)11-13-21/h6-13H,5,14-17H2,1-4H3,(H2,24,25,26). The number of methoxy groups -OCH3 is 1. The normalized spacial score (nSPS) is 10.9.